The van der Waals surface area contributed by atoms with Crippen LogP contribution in [-0.2, 0) is 9.31 Å². The molecule has 0 amide bonds. The molecule has 2 rings (SSSR count). The van der Waals surface area contributed by atoms with Crippen LogP contribution < -0.4 is 10.2 Å². The molecule has 1 saturated heterocycles. The van der Waals surface area contributed by atoms with E-state index in [9.17, 15) is 0 Å². The standard InChI is InChI=1S/C12H16BBrO3/c1-12(2)7-16-13(17-8-12)9-4-5-11(15-3)10(14)6-9/h4-6H,7-8H2,1-3H3. The highest BCUT2D eigenvalue weighted by molar-refractivity contribution is 9.10. The predicted molar refractivity (Wildman–Crippen MR) is 71.8 cm³/mol. The van der Waals surface area contributed by atoms with E-state index in [4.69, 9.17) is 14.0 Å². The Bertz CT molecular complexity index is 399. The summed E-state index contributed by atoms with van der Waals surface area (Å²) in [7, 11) is 1.38. The van der Waals surface area contributed by atoms with Crippen LogP contribution in [0.25, 0.3) is 0 Å². The van der Waals surface area contributed by atoms with E-state index in [-0.39, 0.29) is 12.5 Å². The van der Waals surface area contributed by atoms with E-state index in [2.05, 4.69) is 29.8 Å². The molecule has 5 heteroatoms. The van der Waals surface area contributed by atoms with Gasteiger partial charge >= 0.3 is 7.12 Å². The second-order valence-corrected chi connectivity index (χ2v) is 5.87. The van der Waals surface area contributed by atoms with Crippen LogP contribution in [0.15, 0.2) is 22.7 Å². The average Bonchev–Trinajstić information content (AvgIpc) is 2.29. The Labute approximate surface area is 111 Å². The monoisotopic (exact) mass is 298 g/mol. The largest absolute Gasteiger partial charge is 0.496 e. The van der Waals surface area contributed by atoms with Crippen molar-refractivity contribution < 1.29 is 14.0 Å². The number of benzene rings is 1. The summed E-state index contributed by atoms with van der Waals surface area (Å²) in [5.41, 5.74) is 1.10. The molecular formula is C12H16BBrO3. The fourth-order valence-electron chi connectivity index (χ4n) is 1.71. The van der Waals surface area contributed by atoms with Crippen LogP contribution in [0.2, 0.25) is 0 Å². The predicted octanol–water partition coefficient (Wildman–Crippen LogP) is 2.23. The Morgan fingerprint density at radius 2 is 1.94 bits per heavy atom. The molecule has 17 heavy (non-hydrogen) atoms. The normalized spacial score (nSPS) is 19.2. The summed E-state index contributed by atoms with van der Waals surface area (Å²) in [6, 6.07) is 5.85. The van der Waals surface area contributed by atoms with Gasteiger partial charge in [0, 0.05) is 18.6 Å². The molecule has 0 saturated carbocycles. The van der Waals surface area contributed by atoms with Crippen LogP contribution >= 0.6 is 15.9 Å². The summed E-state index contributed by atoms with van der Waals surface area (Å²) in [5.74, 6) is 0.810. The van der Waals surface area contributed by atoms with Crippen molar-refractivity contribution in [2.75, 3.05) is 20.3 Å². The molecular weight excluding hydrogens is 283 g/mol. The highest BCUT2D eigenvalue weighted by Crippen LogP contribution is 2.25. The Kier molecular flexibility index (Phi) is 3.80. The first-order chi connectivity index (χ1) is 8.02. The number of hydrogen-bond acceptors (Lipinski definition) is 3. The Balaban J connectivity index is 2.11. The van der Waals surface area contributed by atoms with E-state index in [1.807, 2.05) is 18.2 Å². The molecule has 1 aliphatic rings. The van der Waals surface area contributed by atoms with Gasteiger partial charge in [-0.2, -0.15) is 0 Å². The second-order valence-electron chi connectivity index (χ2n) is 5.01. The molecule has 0 unspecified atom stereocenters. The first-order valence-corrected chi connectivity index (χ1v) is 6.38. The third kappa shape index (κ3) is 3.03. The highest BCUT2D eigenvalue weighted by atomic mass is 79.9. The van der Waals surface area contributed by atoms with Crippen LogP contribution in [0.3, 0.4) is 0 Å². The van der Waals surface area contributed by atoms with Gasteiger partial charge < -0.3 is 14.0 Å². The van der Waals surface area contributed by atoms with Crippen LogP contribution in [-0.4, -0.2) is 27.4 Å². The second kappa shape index (κ2) is 5.00. The molecule has 0 N–H and O–H groups in total. The minimum atomic E-state index is -0.273. The van der Waals surface area contributed by atoms with E-state index >= 15 is 0 Å². The zero-order chi connectivity index (χ0) is 12.5. The molecule has 0 atom stereocenters. The van der Waals surface area contributed by atoms with E-state index in [1.54, 1.807) is 7.11 Å². The van der Waals surface area contributed by atoms with Gasteiger partial charge in [0.1, 0.15) is 5.75 Å². The lowest BCUT2D eigenvalue weighted by molar-refractivity contribution is 0.0343. The fourth-order valence-corrected chi connectivity index (χ4v) is 2.27. The van der Waals surface area contributed by atoms with Crippen LogP contribution in [0.1, 0.15) is 13.8 Å². The summed E-state index contributed by atoms with van der Waals surface area (Å²) in [5, 5.41) is 0. The molecule has 3 nitrogen and oxygen atoms in total. The van der Waals surface area contributed by atoms with Crippen molar-refractivity contribution in [2.45, 2.75) is 13.8 Å². The molecule has 0 spiro atoms. The lowest BCUT2D eigenvalue weighted by Crippen LogP contribution is -2.47. The average molecular weight is 299 g/mol. The number of ether oxygens (including phenoxy) is 1. The van der Waals surface area contributed by atoms with Crippen LogP contribution in [0.5, 0.6) is 5.75 Å². The Morgan fingerprint density at radius 1 is 1.29 bits per heavy atom. The molecule has 1 heterocycles. The van der Waals surface area contributed by atoms with Gasteiger partial charge in [0.25, 0.3) is 0 Å². The Hall–Kier alpha value is -0.515. The molecule has 1 aromatic rings. The number of hydrogen-bond donors (Lipinski definition) is 0. The van der Waals surface area contributed by atoms with E-state index in [0.29, 0.717) is 13.2 Å². The van der Waals surface area contributed by atoms with Crippen molar-refractivity contribution in [3.8, 4) is 5.75 Å². The van der Waals surface area contributed by atoms with Gasteiger partial charge in [-0.05, 0) is 33.5 Å². The van der Waals surface area contributed by atoms with Gasteiger partial charge in [-0.15, -0.1) is 0 Å². The summed E-state index contributed by atoms with van der Waals surface area (Å²) in [6.07, 6.45) is 0. The number of rotatable bonds is 2. The molecule has 92 valence electrons. The van der Waals surface area contributed by atoms with E-state index in [1.165, 1.54) is 0 Å². The van der Waals surface area contributed by atoms with E-state index in [0.717, 1.165) is 15.7 Å². The van der Waals surface area contributed by atoms with Crippen molar-refractivity contribution in [3.63, 3.8) is 0 Å². The Morgan fingerprint density at radius 3 is 2.47 bits per heavy atom. The molecule has 0 bridgehead atoms. The van der Waals surface area contributed by atoms with Gasteiger partial charge in [-0.25, -0.2) is 0 Å². The fraction of sp³-hybridized carbons (Fsp3) is 0.500. The summed E-state index contributed by atoms with van der Waals surface area (Å²) >= 11 is 3.46. The molecule has 0 radical (unpaired) electrons. The maximum Gasteiger partial charge on any atom is 0.493 e. The summed E-state index contributed by atoms with van der Waals surface area (Å²) in [4.78, 5) is 0. The van der Waals surface area contributed by atoms with Crippen LogP contribution in [0, 0.1) is 5.41 Å². The minimum Gasteiger partial charge on any atom is -0.496 e. The topological polar surface area (TPSA) is 27.7 Å². The molecule has 0 aromatic heterocycles. The highest BCUT2D eigenvalue weighted by Gasteiger charge is 2.33. The van der Waals surface area contributed by atoms with Gasteiger partial charge in [-0.3, -0.25) is 0 Å². The van der Waals surface area contributed by atoms with Gasteiger partial charge in [0.05, 0.1) is 11.6 Å². The third-order valence-corrected chi connectivity index (χ3v) is 3.32. The van der Waals surface area contributed by atoms with Crippen molar-refractivity contribution in [3.05, 3.63) is 22.7 Å². The quantitative estimate of drug-likeness (QED) is 0.784. The molecule has 0 aliphatic carbocycles. The number of methoxy groups -OCH3 is 1. The van der Waals surface area contributed by atoms with Crippen molar-refractivity contribution in [1.82, 2.24) is 0 Å². The first-order valence-electron chi connectivity index (χ1n) is 5.58. The molecule has 1 aromatic carbocycles. The van der Waals surface area contributed by atoms with E-state index < -0.39 is 0 Å². The summed E-state index contributed by atoms with van der Waals surface area (Å²) < 4.78 is 17.6. The molecule has 1 aliphatic heterocycles. The smallest absolute Gasteiger partial charge is 0.493 e. The van der Waals surface area contributed by atoms with Gasteiger partial charge in [0.15, 0.2) is 0 Å². The first kappa shape index (κ1) is 12.9. The van der Waals surface area contributed by atoms with Crippen molar-refractivity contribution >= 4 is 28.5 Å². The molecule has 1 fully saturated rings. The van der Waals surface area contributed by atoms with Gasteiger partial charge in [0.2, 0.25) is 0 Å². The minimum absolute atomic E-state index is 0.0974. The maximum atomic E-state index is 5.72. The lowest BCUT2D eigenvalue weighted by atomic mass is 9.76. The number of halogens is 1. The summed E-state index contributed by atoms with van der Waals surface area (Å²) in [6.45, 7) is 5.68. The lowest BCUT2D eigenvalue weighted by Gasteiger charge is -2.33. The van der Waals surface area contributed by atoms with Gasteiger partial charge in [-0.1, -0.05) is 19.9 Å². The van der Waals surface area contributed by atoms with Crippen LogP contribution in [0.4, 0.5) is 0 Å². The zero-order valence-electron chi connectivity index (χ0n) is 10.3. The van der Waals surface area contributed by atoms with Crippen molar-refractivity contribution in [2.24, 2.45) is 5.41 Å². The van der Waals surface area contributed by atoms with Crippen molar-refractivity contribution in [1.29, 1.82) is 0 Å². The SMILES string of the molecule is COc1ccc(B2OCC(C)(C)CO2)cc1Br. The third-order valence-electron chi connectivity index (χ3n) is 2.70. The maximum absolute atomic E-state index is 5.72. The zero-order valence-corrected chi connectivity index (χ0v) is 11.9.